The smallest absolute Gasteiger partial charge is 0.364 e. The number of aryl methyl sites for hydroxylation is 2. The Morgan fingerprint density at radius 2 is 0.963 bits per heavy atom. The van der Waals surface area contributed by atoms with E-state index in [2.05, 4.69) is 41.1 Å². The molecule has 0 saturated heterocycles. The summed E-state index contributed by atoms with van der Waals surface area (Å²) in [7, 11) is 0. The van der Waals surface area contributed by atoms with Crippen molar-refractivity contribution in [2.45, 2.75) is 152 Å². The van der Waals surface area contributed by atoms with Gasteiger partial charge in [0.25, 0.3) is 11.8 Å². The number of carbonyl (C=O) groups excluding carboxylic acids is 4. The molecule has 2 fully saturated rings. The van der Waals surface area contributed by atoms with E-state index in [9.17, 15) is 80.6 Å². The summed E-state index contributed by atoms with van der Waals surface area (Å²) in [6, 6.07) is 0.740. The fraction of sp³-hybridized carbons (Fsp3) is 0.560. The van der Waals surface area contributed by atoms with Crippen molar-refractivity contribution < 1.29 is 89.7 Å². The van der Waals surface area contributed by atoms with E-state index >= 15 is 0 Å². The van der Waals surface area contributed by atoms with E-state index < -0.39 is 148 Å². The monoisotopic (exact) mass is 1180 g/mol. The van der Waals surface area contributed by atoms with Crippen LogP contribution in [0.4, 0.5) is 61.5 Å². The molecule has 0 spiro atoms. The number of fused-ring (bicyclic) bond motifs is 2. The Hall–Kier alpha value is -7.44. The first kappa shape index (κ1) is 62.2. The lowest BCUT2D eigenvalue weighted by atomic mass is 9.81. The number of rotatable bonds is 20. The van der Waals surface area contributed by atoms with Gasteiger partial charge in [-0.25, -0.2) is 54.1 Å². The lowest BCUT2D eigenvalue weighted by Gasteiger charge is -2.33. The van der Waals surface area contributed by atoms with Crippen LogP contribution in [0.1, 0.15) is 157 Å². The van der Waals surface area contributed by atoms with Gasteiger partial charge < -0.3 is 30.3 Å². The van der Waals surface area contributed by atoms with Crippen molar-refractivity contribution >= 4 is 34.9 Å². The fourth-order valence-corrected chi connectivity index (χ4v) is 9.73. The number of nitrogens with one attached hydrogen (secondary N) is 4. The van der Waals surface area contributed by atoms with E-state index in [0.29, 0.717) is 24.0 Å². The van der Waals surface area contributed by atoms with E-state index in [1.807, 2.05) is 0 Å². The van der Waals surface area contributed by atoms with Gasteiger partial charge >= 0.3 is 12.4 Å². The molecule has 82 heavy (non-hydrogen) atoms. The topological polar surface area (TPSA) is 229 Å². The number of nitrogens with zero attached hydrogens (tertiary/aromatic N) is 8. The van der Waals surface area contributed by atoms with Crippen LogP contribution in [0.5, 0.6) is 0 Å². The molecule has 8 rings (SSSR count). The quantitative estimate of drug-likeness (QED) is 0.0524. The van der Waals surface area contributed by atoms with E-state index in [1.165, 1.54) is 46.1 Å². The molecule has 2 saturated carbocycles. The summed E-state index contributed by atoms with van der Waals surface area (Å²) in [5.41, 5.74) is 1.50. The zero-order valence-electron chi connectivity index (χ0n) is 43.5. The number of carbonyl (C=O) groups is 4. The van der Waals surface area contributed by atoms with Gasteiger partial charge in [-0.05, 0) is 73.6 Å². The molecule has 448 valence electrons. The number of amides is 4. The maximum Gasteiger partial charge on any atom is 0.405 e. The number of alkyl halides is 14. The number of aromatic nitrogens is 8. The molecule has 0 unspecified atom stereocenters. The van der Waals surface area contributed by atoms with E-state index in [0.717, 1.165) is 12.4 Å². The third-order valence-electron chi connectivity index (χ3n) is 14.1. The van der Waals surface area contributed by atoms with Crippen LogP contribution in [0, 0.1) is 11.8 Å². The SMILES string of the molecule is CCc1conc1C(=O)N[C@H](c1cn2ncc([C@@H](CC(F)F)C(=O)NCC(F)(F)F)cc2n1)C1CCC(F)(F)CC1.CCc1conc1C(=O)N[C@H](c1cn2ncc([C@H](CC(F)F)C(=O)NCC(F)(F)F)cc2n1)C1CCC(F)(F)CC1. The Morgan fingerprint density at radius 1 is 0.610 bits per heavy atom. The second-order valence-corrected chi connectivity index (χ2v) is 19.9. The molecule has 6 aromatic heterocycles. The first-order valence-corrected chi connectivity index (χ1v) is 25.7. The van der Waals surface area contributed by atoms with Crippen LogP contribution in [0.25, 0.3) is 11.3 Å². The van der Waals surface area contributed by atoms with Crippen LogP contribution in [0.15, 0.2) is 58.5 Å². The maximum atomic E-state index is 13.9. The molecule has 18 nitrogen and oxygen atoms in total. The third-order valence-corrected chi connectivity index (χ3v) is 14.1. The minimum atomic E-state index is -4.74. The van der Waals surface area contributed by atoms with Crippen LogP contribution in [0.3, 0.4) is 0 Å². The van der Waals surface area contributed by atoms with Gasteiger partial charge in [0.15, 0.2) is 22.7 Å². The van der Waals surface area contributed by atoms with Crippen molar-refractivity contribution in [2.24, 2.45) is 11.8 Å². The maximum absolute atomic E-state index is 13.9. The average molecular weight is 1190 g/mol. The molecule has 2 aliphatic carbocycles. The highest BCUT2D eigenvalue weighted by Crippen LogP contribution is 2.43. The molecule has 2 aliphatic rings. The molecule has 6 heterocycles. The first-order chi connectivity index (χ1) is 38.5. The normalized spacial score (nSPS) is 17.5. The third kappa shape index (κ3) is 16.4. The van der Waals surface area contributed by atoms with Gasteiger partial charge in [-0.15, -0.1) is 0 Å². The minimum Gasteiger partial charge on any atom is -0.364 e. The van der Waals surface area contributed by atoms with E-state index in [-0.39, 0.29) is 70.9 Å². The molecule has 0 radical (unpaired) electrons. The molecule has 4 amide bonds. The largest absolute Gasteiger partial charge is 0.405 e. The van der Waals surface area contributed by atoms with Gasteiger partial charge in [-0.2, -0.15) is 36.5 Å². The predicted molar refractivity (Wildman–Crippen MR) is 257 cm³/mol. The second-order valence-electron chi connectivity index (χ2n) is 19.9. The lowest BCUT2D eigenvalue weighted by molar-refractivity contribution is -0.139. The van der Waals surface area contributed by atoms with Crippen molar-refractivity contribution in [3.8, 4) is 0 Å². The number of imidazole rings is 2. The van der Waals surface area contributed by atoms with E-state index in [1.54, 1.807) is 24.5 Å². The predicted octanol–water partition coefficient (Wildman–Crippen LogP) is 9.99. The zero-order valence-corrected chi connectivity index (χ0v) is 43.5. The highest BCUT2D eigenvalue weighted by Gasteiger charge is 2.42. The molecule has 32 heteroatoms. The summed E-state index contributed by atoms with van der Waals surface area (Å²) >= 11 is 0. The van der Waals surface area contributed by atoms with E-state index in [4.69, 9.17) is 9.05 Å². The van der Waals surface area contributed by atoms with Crippen LogP contribution in [0.2, 0.25) is 0 Å². The molecule has 0 bridgehead atoms. The van der Waals surface area contributed by atoms with Gasteiger partial charge in [0, 0.05) is 49.7 Å². The van der Waals surface area contributed by atoms with Crippen LogP contribution in [-0.2, 0) is 22.4 Å². The number of hydrogen-bond acceptors (Lipinski definition) is 12. The molecule has 4 N–H and O–H groups in total. The summed E-state index contributed by atoms with van der Waals surface area (Å²) in [6.45, 7) is 0.198. The van der Waals surface area contributed by atoms with Crippen LogP contribution < -0.4 is 21.3 Å². The molecule has 0 aromatic carbocycles. The number of hydrogen-bond donors (Lipinski definition) is 4. The molecule has 4 atom stereocenters. The highest BCUT2D eigenvalue weighted by atomic mass is 19.4. The van der Waals surface area contributed by atoms with Gasteiger partial charge in [0.05, 0.1) is 60.1 Å². The van der Waals surface area contributed by atoms with Crippen molar-refractivity contribution in [3.05, 3.63) is 94.5 Å². The Kier molecular flexibility index (Phi) is 19.5. The van der Waals surface area contributed by atoms with Crippen molar-refractivity contribution in [1.82, 2.24) is 60.8 Å². The average Bonchev–Trinajstić information content (AvgIpc) is 4.35. The fourth-order valence-electron chi connectivity index (χ4n) is 9.73. The second kappa shape index (κ2) is 25.8. The molecular formula is C50H54F14N12O6. The summed E-state index contributed by atoms with van der Waals surface area (Å²) in [5.74, 6) is -13.6. The lowest BCUT2D eigenvalue weighted by Crippen LogP contribution is -2.37. The standard InChI is InChI=1S/2C25H27F7N6O3/c2*1-2-13-11-41-37-21(13)23(40)36-20(14-3-5-24(28,29)6-4-14)17-10-38-19(35-17)7-15(9-34-38)16(8-18(26)27)22(39)33-12-25(30,31)32/h2*7,9-11,14,16,18,20H,2-6,8,12H2,1H3,(H,33,39)(H,36,40)/t16-,20+;16-,20-/m10/s1. The van der Waals surface area contributed by atoms with Gasteiger partial charge in [0.1, 0.15) is 25.6 Å². The van der Waals surface area contributed by atoms with Crippen molar-refractivity contribution in [2.75, 3.05) is 13.1 Å². The Labute approximate surface area is 455 Å². The van der Waals surface area contributed by atoms with Crippen molar-refractivity contribution in [1.29, 1.82) is 0 Å². The molecule has 6 aromatic rings. The summed E-state index contributed by atoms with van der Waals surface area (Å²) in [6.07, 6.45) is -10.4. The molecule has 0 aliphatic heterocycles. The number of halogens is 14. The van der Waals surface area contributed by atoms with Crippen LogP contribution >= 0.6 is 0 Å². The molecular weight excluding hydrogens is 1130 g/mol. The Morgan fingerprint density at radius 3 is 1.28 bits per heavy atom. The Bertz CT molecular complexity index is 2930. The Balaban J connectivity index is 0.000000236. The highest BCUT2D eigenvalue weighted by molar-refractivity contribution is 5.94. The van der Waals surface area contributed by atoms with Gasteiger partial charge in [-0.1, -0.05) is 24.2 Å². The van der Waals surface area contributed by atoms with Gasteiger partial charge in [0.2, 0.25) is 36.5 Å². The van der Waals surface area contributed by atoms with Crippen molar-refractivity contribution in [3.63, 3.8) is 0 Å². The van der Waals surface area contributed by atoms with Gasteiger partial charge in [-0.3, -0.25) is 19.2 Å². The first-order valence-electron chi connectivity index (χ1n) is 25.7. The summed E-state index contributed by atoms with van der Waals surface area (Å²) in [4.78, 5) is 59.8. The summed E-state index contributed by atoms with van der Waals surface area (Å²) < 4.78 is 196. The minimum absolute atomic E-state index is 0.0301. The zero-order chi connectivity index (χ0) is 59.9. The van der Waals surface area contributed by atoms with Crippen LogP contribution in [-0.4, -0.2) is 113 Å². The summed E-state index contributed by atoms with van der Waals surface area (Å²) in [5, 5.41) is 24.5.